The number of imidazole rings is 1. The summed E-state index contributed by atoms with van der Waals surface area (Å²) >= 11 is 0. The predicted octanol–water partition coefficient (Wildman–Crippen LogP) is 2.00. The van der Waals surface area contributed by atoms with Gasteiger partial charge in [-0.05, 0) is 38.2 Å². The van der Waals surface area contributed by atoms with Crippen LogP contribution in [0.3, 0.4) is 0 Å². The van der Waals surface area contributed by atoms with E-state index in [1.54, 1.807) is 11.6 Å². The van der Waals surface area contributed by atoms with E-state index in [4.69, 9.17) is 9.72 Å². The third-order valence-corrected chi connectivity index (χ3v) is 8.27. The summed E-state index contributed by atoms with van der Waals surface area (Å²) in [6, 6.07) is 0.450. The summed E-state index contributed by atoms with van der Waals surface area (Å²) in [5.41, 5.74) is 2.80. The molecule has 0 amide bonds. The van der Waals surface area contributed by atoms with Crippen LogP contribution in [0.25, 0.3) is 11.3 Å². The molecule has 5 heterocycles. The van der Waals surface area contributed by atoms with Crippen LogP contribution in [-0.2, 0) is 21.8 Å². The maximum Gasteiger partial charge on any atom is 0.262 e. The van der Waals surface area contributed by atoms with E-state index in [2.05, 4.69) is 26.6 Å². The van der Waals surface area contributed by atoms with Gasteiger partial charge < -0.3 is 14.6 Å². The van der Waals surface area contributed by atoms with E-state index in [1.807, 2.05) is 24.0 Å². The molecular formula is C22H30N8O3S. The van der Waals surface area contributed by atoms with Crippen molar-refractivity contribution in [1.82, 2.24) is 33.6 Å². The van der Waals surface area contributed by atoms with Crippen molar-refractivity contribution in [2.45, 2.75) is 49.7 Å². The molecule has 0 atom stereocenters. The van der Waals surface area contributed by atoms with Crippen molar-refractivity contribution < 1.29 is 13.2 Å². The highest BCUT2D eigenvalue weighted by Gasteiger charge is 2.31. The fraction of sp³-hybridized carbons (Fsp3) is 0.545. The molecule has 3 aromatic heterocycles. The second-order valence-corrected chi connectivity index (χ2v) is 10.9. The molecule has 182 valence electrons. The van der Waals surface area contributed by atoms with Gasteiger partial charge in [-0.1, -0.05) is 0 Å². The van der Waals surface area contributed by atoms with E-state index < -0.39 is 10.0 Å². The minimum atomic E-state index is -3.57. The van der Waals surface area contributed by atoms with Crippen LogP contribution in [-0.4, -0.2) is 74.4 Å². The summed E-state index contributed by atoms with van der Waals surface area (Å²) in [6.45, 7) is 4.37. The van der Waals surface area contributed by atoms with Crippen molar-refractivity contribution in [2.75, 3.05) is 31.6 Å². The smallest absolute Gasteiger partial charge is 0.262 e. The number of hydrogen-bond acceptors (Lipinski definition) is 8. The molecule has 34 heavy (non-hydrogen) atoms. The fourth-order valence-corrected chi connectivity index (χ4v) is 5.93. The molecule has 2 aliphatic rings. The molecule has 0 aliphatic carbocycles. The summed E-state index contributed by atoms with van der Waals surface area (Å²) in [7, 11) is -1.81. The zero-order valence-corrected chi connectivity index (χ0v) is 20.3. The maximum atomic E-state index is 12.8. The Morgan fingerprint density at radius 3 is 2.53 bits per heavy atom. The Morgan fingerprint density at radius 1 is 1.06 bits per heavy atom. The van der Waals surface area contributed by atoms with Crippen molar-refractivity contribution in [3.8, 4) is 11.3 Å². The summed E-state index contributed by atoms with van der Waals surface area (Å²) in [5.74, 6) is 0.547. The van der Waals surface area contributed by atoms with Crippen LogP contribution in [0.4, 0.5) is 5.95 Å². The molecule has 1 N–H and O–H groups in total. The van der Waals surface area contributed by atoms with Gasteiger partial charge in [0.2, 0.25) is 5.95 Å². The first kappa shape index (κ1) is 22.9. The number of ether oxygens (including phenoxy) is 1. The number of aryl methyl sites for hydroxylation is 2. The van der Waals surface area contributed by atoms with E-state index in [-0.39, 0.29) is 11.1 Å². The number of anilines is 1. The van der Waals surface area contributed by atoms with Crippen LogP contribution < -0.4 is 5.32 Å². The maximum absolute atomic E-state index is 12.8. The Kier molecular flexibility index (Phi) is 6.36. The van der Waals surface area contributed by atoms with Crippen molar-refractivity contribution >= 4 is 16.0 Å². The lowest BCUT2D eigenvalue weighted by Gasteiger charge is -2.31. The number of nitrogens with one attached hydrogen (secondary N) is 1. The minimum Gasteiger partial charge on any atom is -0.381 e. The molecule has 3 aromatic rings. The Balaban J connectivity index is 1.24. The average molecular weight is 487 g/mol. The minimum absolute atomic E-state index is 0.0919. The standard InChI is InChI=1S/C22H30N8O3S/c1-16-11-23-22(27-21(16)17-12-25-30(13-17)19-5-9-33-10-6-19)26-18-3-7-29(8-4-18)34(31,32)20-14-28(2)15-24-20/h11-15,18-19H,3-10H2,1-2H3,(H,23,26,27). The Hall–Kier alpha value is -2.83. The van der Waals surface area contributed by atoms with Gasteiger partial charge in [0.15, 0.2) is 5.03 Å². The van der Waals surface area contributed by atoms with E-state index in [1.165, 1.54) is 16.8 Å². The van der Waals surface area contributed by atoms with Crippen molar-refractivity contribution in [1.29, 1.82) is 0 Å². The molecule has 0 saturated carbocycles. The van der Waals surface area contributed by atoms with E-state index in [0.717, 1.165) is 42.9 Å². The highest BCUT2D eigenvalue weighted by Crippen LogP contribution is 2.27. The highest BCUT2D eigenvalue weighted by molar-refractivity contribution is 7.89. The molecule has 12 heteroatoms. The Morgan fingerprint density at radius 2 is 1.82 bits per heavy atom. The zero-order chi connectivity index (χ0) is 23.7. The van der Waals surface area contributed by atoms with Gasteiger partial charge in [-0.2, -0.15) is 9.40 Å². The van der Waals surface area contributed by atoms with Gasteiger partial charge in [-0.25, -0.2) is 23.4 Å². The number of hydrogen-bond donors (Lipinski definition) is 1. The van der Waals surface area contributed by atoms with Crippen molar-refractivity contribution in [3.63, 3.8) is 0 Å². The zero-order valence-electron chi connectivity index (χ0n) is 19.5. The van der Waals surface area contributed by atoms with Crippen molar-refractivity contribution in [2.24, 2.45) is 7.05 Å². The SMILES string of the molecule is Cc1cnc(NC2CCN(S(=O)(=O)c3cn(C)cn3)CC2)nc1-c1cnn(C2CCOCC2)c1. The van der Waals surface area contributed by atoms with Gasteiger partial charge in [0.25, 0.3) is 10.0 Å². The topological polar surface area (TPSA) is 120 Å². The second-order valence-electron chi connectivity index (χ2n) is 8.98. The summed E-state index contributed by atoms with van der Waals surface area (Å²) < 4.78 is 36.2. The van der Waals surface area contributed by atoms with E-state index in [9.17, 15) is 8.42 Å². The van der Waals surface area contributed by atoms with Gasteiger partial charge in [0.05, 0.1) is 24.3 Å². The molecule has 2 fully saturated rings. The predicted molar refractivity (Wildman–Crippen MR) is 126 cm³/mol. The third-order valence-electron chi connectivity index (χ3n) is 6.48. The third kappa shape index (κ3) is 4.70. The largest absolute Gasteiger partial charge is 0.381 e. The number of sulfonamides is 1. The monoisotopic (exact) mass is 486 g/mol. The number of aromatic nitrogens is 6. The lowest BCUT2D eigenvalue weighted by atomic mass is 10.1. The molecule has 5 rings (SSSR count). The fourth-order valence-electron chi connectivity index (χ4n) is 4.49. The molecule has 0 unspecified atom stereocenters. The number of nitrogens with zero attached hydrogens (tertiary/aromatic N) is 7. The molecular weight excluding hydrogens is 456 g/mol. The molecule has 2 saturated heterocycles. The van der Waals surface area contributed by atoms with Gasteiger partial charge in [0, 0.05) is 63.5 Å². The van der Waals surface area contributed by atoms with Crippen LogP contribution in [0, 0.1) is 6.92 Å². The second kappa shape index (κ2) is 9.43. The highest BCUT2D eigenvalue weighted by atomic mass is 32.2. The van der Waals surface area contributed by atoms with Gasteiger partial charge in [-0.15, -0.1) is 0 Å². The van der Waals surface area contributed by atoms with Crippen LogP contribution in [0.5, 0.6) is 0 Å². The molecule has 11 nitrogen and oxygen atoms in total. The lowest BCUT2D eigenvalue weighted by Crippen LogP contribution is -2.42. The van der Waals surface area contributed by atoms with Gasteiger partial charge in [-0.3, -0.25) is 4.68 Å². The molecule has 0 radical (unpaired) electrons. The van der Waals surface area contributed by atoms with E-state index >= 15 is 0 Å². The Labute approximate surface area is 199 Å². The molecule has 2 aliphatic heterocycles. The molecule has 0 bridgehead atoms. The quantitative estimate of drug-likeness (QED) is 0.562. The van der Waals surface area contributed by atoms with Crippen LogP contribution in [0.1, 0.15) is 37.3 Å². The van der Waals surface area contributed by atoms with E-state index in [0.29, 0.717) is 37.9 Å². The lowest BCUT2D eigenvalue weighted by molar-refractivity contribution is 0.0662. The molecule has 0 aromatic carbocycles. The normalized spacial score (nSPS) is 18.9. The van der Waals surface area contributed by atoms with Crippen LogP contribution >= 0.6 is 0 Å². The average Bonchev–Trinajstić information content (AvgIpc) is 3.51. The van der Waals surface area contributed by atoms with Gasteiger partial charge >= 0.3 is 0 Å². The molecule has 0 spiro atoms. The van der Waals surface area contributed by atoms with Gasteiger partial charge in [0.1, 0.15) is 0 Å². The summed E-state index contributed by atoms with van der Waals surface area (Å²) in [5, 5.41) is 8.06. The number of piperidine rings is 1. The Bertz CT molecular complexity index is 1240. The number of rotatable bonds is 6. The van der Waals surface area contributed by atoms with Crippen molar-refractivity contribution in [3.05, 3.63) is 36.7 Å². The first-order valence-electron chi connectivity index (χ1n) is 11.6. The first-order chi connectivity index (χ1) is 16.4. The summed E-state index contributed by atoms with van der Waals surface area (Å²) in [6.07, 6.45) is 12.0. The van der Waals surface area contributed by atoms with Crippen LogP contribution in [0.2, 0.25) is 0 Å². The van der Waals surface area contributed by atoms with Crippen LogP contribution in [0.15, 0.2) is 36.1 Å². The summed E-state index contributed by atoms with van der Waals surface area (Å²) in [4.78, 5) is 13.2. The first-order valence-corrected chi connectivity index (χ1v) is 13.0.